The Morgan fingerprint density at radius 2 is 1.75 bits per heavy atom. The lowest BCUT2D eigenvalue weighted by molar-refractivity contribution is 0.0942. The number of nitrogens with one attached hydrogen (secondary N) is 1. The minimum Gasteiger partial charge on any atom is -0.345 e. The van der Waals surface area contributed by atoms with E-state index in [1.54, 1.807) is 11.3 Å². The van der Waals surface area contributed by atoms with Crippen molar-refractivity contribution in [3.05, 3.63) is 71.1 Å². The van der Waals surface area contributed by atoms with Gasteiger partial charge in [-0.25, -0.2) is 0 Å². The van der Waals surface area contributed by atoms with E-state index in [-0.39, 0.29) is 11.9 Å². The molecular formula is C17H15NOS. The van der Waals surface area contributed by atoms with Gasteiger partial charge in [-0.15, -0.1) is 11.3 Å². The highest BCUT2D eigenvalue weighted by Gasteiger charge is 2.14. The average molecular weight is 281 g/mol. The first kappa shape index (κ1) is 12.9. The molecule has 1 N–H and O–H groups in total. The number of hydrogen-bond donors (Lipinski definition) is 1. The minimum atomic E-state index is -0.0150. The molecule has 0 aliphatic heterocycles. The second-order valence-electron chi connectivity index (χ2n) is 4.75. The molecule has 0 fully saturated rings. The fourth-order valence-electron chi connectivity index (χ4n) is 2.25. The lowest BCUT2D eigenvalue weighted by atomic mass is 10.1. The standard InChI is InChI=1S/C17H15NOS/c1-12(13-7-3-2-4-8-13)18-17(19)15-11-20-16-10-6-5-9-14(15)16/h2-12H,1H3,(H,18,19)/t12-/m1/s1. The van der Waals surface area contributed by atoms with E-state index in [2.05, 4.69) is 5.32 Å². The molecule has 1 heterocycles. The van der Waals surface area contributed by atoms with Crippen molar-refractivity contribution in [2.24, 2.45) is 0 Å². The highest BCUT2D eigenvalue weighted by molar-refractivity contribution is 7.17. The van der Waals surface area contributed by atoms with Gasteiger partial charge >= 0.3 is 0 Å². The molecule has 1 aromatic heterocycles. The largest absolute Gasteiger partial charge is 0.345 e. The van der Waals surface area contributed by atoms with Crippen molar-refractivity contribution in [1.82, 2.24) is 5.32 Å². The van der Waals surface area contributed by atoms with E-state index in [0.29, 0.717) is 0 Å². The van der Waals surface area contributed by atoms with Crippen molar-refractivity contribution in [2.45, 2.75) is 13.0 Å². The van der Waals surface area contributed by atoms with E-state index in [9.17, 15) is 4.79 Å². The second-order valence-corrected chi connectivity index (χ2v) is 5.66. The van der Waals surface area contributed by atoms with Gasteiger partial charge in [0.25, 0.3) is 5.91 Å². The van der Waals surface area contributed by atoms with Crippen molar-refractivity contribution in [3.8, 4) is 0 Å². The molecule has 0 bridgehead atoms. The van der Waals surface area contributed by atoms with E-state index in [1.807, 2.05) is 66.9 Å². The van der Waals surface area contributed by atoms with Crippen LogP contribution in [0.4, 0.5) is 0 Å². The zero-order valence-corrected chi connectivity index (χ0v) is 12.0. The van der Waals surface area contributed by atoms with Crippen LogP contribution in [0.2, 0.25) is 0 Å². The first-order chi connectivity index (χ1) is 9.75. The van der Waals surface area contributed by atoms with E-state index in [1.165, 1.54) is 0 Å². The van der Waals surface area contributed by atoms with Crippen molar-refractivity contribution >= 4 is 27.3 Å². The van der Waals surface area contributed by atoms with Gasteiger partial charge in [-0.05, 0) is 18.6 Å². The number of carbonyl (C=O) groups excluding carboxylic acids is 1. The van der Waals surface area contributed by atoms with Gasteiger partial charge in [0, 0.05) is 15.5 Å². The van der Waals surface area contributed by atoms with Crippen molar-refractivity contribution < 1.29 is 4.79 Å². The highest BCUT2D eigenvalue weighted by Crippen LogP contribution is 2.26. The van der Waals surface area contributed by atoms with Crippen LogP contribution in [-0.4, -0.2) is 5.91 Å². The third-order valence-corrected chi connectivity index (χ3v) is 4.34. The Hall–Kier alpha value is -2.13. The molecule has 0 saturated carbocycles. The molecule has 3 aromatic rings. The summed E-state index contributed by atoms with van der Waals surface area (Å²) in [7, 11) is 0. The molecule has 1 amide bonds. The Balaban J connectivity index is 1.83. The quantitative estimate of drug-likeness (QED) is 0.758. The van der Waals surface area contributed by atoms with Gasteiger partial charge in [0.2, 0.25) is 0 Å². The van der Waals surface area contributed by atoms with Crippen LogP contribution in [0.3, 0.4) is 0 Å². The van der Waals surface area contributed by atoms with Gasteiger partial charge < -0.3 is 5.32 Å². The zero-order chi connectivity index (χ0) is 13.9. The number of thiophene rings is 1. The molecule has 0 aliphatic rings. The highest BCUT2D eigenvalue weighted by atomic mass is 32.1. The second kappa shape index (κ2) is 5.47. The summed E-state index contributed by atoms with van der Waals surface area (Å²) in [6, 6.07) is 18.0. The van der Waals surface area contributed by atoms with Gasteiger partial charge in [-0.2, -0.15) is 0 Å². The number of benzene rings is 2. The summed E-state index contributed by atoms with van der Waals surface area (Å²) in [6.45, 7) is 2.00. The molecule has 0 unspecified atom stereocenters. The Morgan fingerprint density at radius 1 is 1.05 bits per heavy atom. The van der Waals surface area contributed by atoms with Crippen molar-refractivity contribution in [3.63, 3.8) is 0 Å². The molecule has 2 aromatic carbocycles. The summed E-state index contributed by atoms with van der Waals surface area (Å²) in [5.74, 6) is -0.0150. The lowest BCUT2D eigenvalue weighted by Gasteiger charge is -2.13. The summed E-state index contributed by atoms with van der Waals surface area (Å²) >= 11 is 1.60. The Morgan fingerprint density at radius 3 is 2.55 bits per heavy atom. The van der Waals surface area contributed by atoms with Gasteiger partial charge in [-0.1, -0.05) is 48.5 Å². The van der Waals surface area contributed by atoms with E-state index in [0.717, 1.165) is 21.2 Å². The Bertz CT molecular complexity index is 733. The molecule has 1 atom stereocenters. The van der Waals surface area contributed by atoms with Crippen molar-refractivity contribution in [2.75, 3.05) is 0 Å². The fraction of sp³-hybridized carbons (Fsp3) is 0.118. The topological polar surface area (TPSA) is 29.1 Å². The van der Waals surface area contributed by atoms with Crippen LogP contribution < -0.4 is 5.32 Å². The van der Waals surface area contributed by atoms with E-state index >= 15 is 0 Å². The number of amides is 1. The first-order valence-electron chi connectivity index (χ1n) is 6.58. The van der Waals surface area contributed by atoms with Gasteiger partial charge in [-0.3, -0.25) is 4.79 Å². The summed E-state index contributed by atoms with van der Waals surface area (Å²) in [5.41, 5.74) is 1.87. The van der Waals surface area contributed by atoms with Crippen LogP contribution in [-0.2, 0) is 0 Å². The Kier molecular flexibility index (Phi) is 3.52. The predicted octanol–water partition coefficient (Wildman–Crippen LogP) is 4.39. The maximum absolute atomic E-state index is 12.4. The smallest absolute Gasteiger partial charge is 0.253 e. The van der Waals surface area contributed by atoms with Gasteiger partial charge in [0.05, 0.1) is 11.6 Å². The molecule has 0 spiro atoms. The third-order valence-electron chi connectivity index (χ3n) is 3.37. The van der Waals surface area contributed by atoms with Crippen LogP contribution >= 0.6 is 11.3 Å². The molecule has 2 nitrogen and oxygen atoms in total. The van der Waals surface area contributed by atoms with Crippen LogP contribution in [0.1, 0.15) is 28.9 Å². The number of fused-ring (bicyclic) bond motifs is 1. The monoisotopic (exact) mass is 281 g/mol. The minimum absolute atomic E-state index is 0.00219. The molecule has 0 radical (unpaired) electrons. The van der Waals surface area contributed by atoms with E-state index in [4.69, 9.17) is 0 Å². The maximum atomic E-state index is 12.4. The van der Waals surface area contributed by atoms with Gasteiger partial charge in [0.15, 0.2) is 0 Å². The summed E-state index contributed by atoms with van der Waals surface area (Å²) in [5, 5.41) is 6.01. The molecule has 100 valence electrons. The SMILES string of the molecule is C[C@@H](NC(=O)c1csc2ccccc12)c1ccccc1. The first-order valence-corrected chi connectivity index (χ1v) is 7.46. The summed E-state index contributed by atoms with van der Waals surface area (Å²) in [4.78, 5) is 12.4. The van der Waals surface area contributed by atoms with Gasteiger partial charge in [0.1, 0.15) is 0 Å². The number of rotatable bonds is 3. The van der Waals surface area contributed by atoms with E-state index < -0.39 is 0 Å². The van der Waals surface area contributed by atoms with Crippen LogP contribution in [0.5, 0.6) is 0 Å². The molecule has 20 heavy (non-hydrogen) atoms. The van der Waals surface area contributed by atoms with Crippen molar-refractivity contribution in [1.29, 1.82) is 0 Å². The molecular weight excluding hydrogens is 266 g/mol. The number of carbonyl (C=O) groups is 1. The Labute approximate surface area is 122 Å². The molecule has 3 rings (SSSR count). The molecule has 0 aliphatic carbocycles. The van der Waals surface area contributed by atoms with Crippen LogP contribution in [0, 0.1) is 0 Å². The third kappa shape index (κ3) is 2.45. The summed E-state index contributed by atoms with van der Waals surface area (Å²) < 4.78 is 1.14. The lowest BCUT2D eigenvalue weighted by Crippen LogP contribution is -2.26. The predicted molar refractivity (Wildman–Crippen MR) is 84.1 cm³/mol. The zero-order valence-electron chi connectivity index (χ0n) is 11.2. The number of hydrogen-bond acceptors (Lipinski definition) is 2. The molecule has 3 heteroatoms. The average Bonchev–Trinajstić information content (AvgIpc) is 2.92. The van der Waals surface area contributed by atoms with Crippen LogP contribution in [0.25, 0.3) is 10.1 Å². The maximum Gasteiger partial charge on any atom is 0.253 e. The fourth-order valence-corrected chi connectivity index (χ4v) is 3.19. The normalized spacial score (nSPS) is 12.2. The molecule has 0 saturated heterocycles. The summed E-state index contributed by atoms with van der Waals surface area (Å²) in [6.07, 6.45) is 0. The van der Waals surface area contributed by atoms with Crippen LogP contribution in [0.15, 0.2) is 60.0 Å².